The van der Waals surface area contributed by atoms with E-state index in [9.17, 15) is 14.0 Å². The Hall–Kier alpha value is -3.29. The first-order chi connectivity index (χ1) is 14.0. The monoisotopic (exact) mass is 399 g/mol. The van der Waals surface area contributed by atoms with E-state index in [1.807, 2.05) is 0 Å². The number of piperazine rings is 1. The number of amides is 2. The van der Waals surface area contributed by atoms with E-state index in [1.54, 1.807) is 35.2 Å². The molecule has 0 radical (unpaired) electrons. The van der Waals surface area contributed by atoms with Gasteiger partial charge in [0.05, 0.1) is 0 Å². The van der Waals surface area contributed by atoms with Crippen LogP contribution in [-0.4, -0.2) is 56.2 Å². The highest BCUT2D eigenvalue weighted by Crippen LogP contribution is 2.35. The van der Waals surface area contributed by atoms with Crippen molar-refractivity contribution in [3.63, 3.8) is 0 Å². The van der Waals surface area contributed by atoms with Gasteiger partial charge in [-0.25, -0.2) is 4.39 Å². The van der Waals surface area contributed by atoms with Gasteiger partial charge < -0.3 is 24.2 Å². The average molecular weight is 399 g/mol. The Morgan fingerprint density at radius 1 is 1.00 bits per heavy atom. The largest absolute Gasteiger partial charge is 0.454 e. The number of benzene rings is 2. The Balaban J connectivity index is 1.39. The average Bonchev–Trinajstić information content (AvgIpc) is 3.20. The van der Waals surface area contributed by atoms with E-state index in [2.05, 4.69) is 4.90 Å². The van der Waals surface area contributed by atoms with E-state index >= 15 is 0 Å². The lowest BCUT2D eigenvalue weighted by molar-refractivity contribution is -0.131. The summed E-state index contributed by atoms with van der Waals surface area (Å²) in [6.07, 6.45) is 0. The van der Waals surface area contributed by atoms with Crippen LogP contribution in [0.3, 0.4) is 0 Å². The number of hydrogen-bond acceptors (Lipinski definition) is 5. The van der Waals surface area contributed by atoms with Gasteiger partial charge in [-0.05, 0) is 36.4 Å². The number of carbonyl (C=O) groups is 2. The van der Waals surface area contributed by atoms with Crippen molar-refractivity contribution in [3.8, 4) is 11.5 Å². The molecule has 2 aromatic rings. The number of fused-ring (bicyclic) bond motifs is 1. The van der Waals surface area contributed by atoms with E-state index in [0.717, 1.165) is 5.69 Å². The molecule has 2 aliphatic heterocycles. The van der Waals surface area contributed by atoms with E-state index in [0.29, 0.717) is 43.4 Å². The van der Waals surface area contributed by atoms with Crippen molar-refractivity contribution >= 4 is 23.2 Å². The first-order valence-electron chi connectivity index (χ1n) is 9.47. The molecule has 2 amide bonds. The van der Waals surface area contributed by atoms with Gasteiger partial charge in [0.25, 0.3) is 0 Å². The van der Waals surface area contributed by atoms with Gasteiger partial charge in [0.2, 0.25) is 18.6 Å². The highest BCUT2D eigenvalue weighted by atomic mass is 19.1. The normalized spacial score (nSPS) is 15.4. The molecular weight excluding hydrogens is 377 g/mol. The summed E-state index contributed by atoms with van der Waals surface area (Å²) in [7, 11) is 0. The number of rotatable bonds is 4. The fraction of sp³-hybridized carbons (Fsp3) is 0.333. The summed E-state index contributed by atoms with van der Waals surface area (Å²) in [6, 6.07) is 11.5. The van der Waals surface area contributed by atoms with Crippen LogP contribution in [0.2, 0.25) is 0 Å². The number of anilines is 2. The van der Waals surface area contributed by atoms with E-state index in [4.69, 9.17) is 9.47 Å². The molecule has 2 heterocycles. The predicted octanol–water partition coefficient (Wildman–Crippen LogP) is 2.26. The fourth-order valence-electron chi connectivity index (χ4n) is 3.54. The number of halogens is 1. The predicted molar refractivity (Wildman–Crippen MR) is 106 cm³/mol. The maximum atomic E-state index is 13.1. The summed E-state index contributed by atoms with van der Waals surface area (Å²) in [5, 5.41) is 0. The van der Waals surface area contributed by atoms with Gasteiger partial charge in [-0.15, -0.1) is 0 Å². The number of ether oxygens (including phenoxy) is 2. The molecule has 2 aliphatic rings. The molecule has 1 fully saturated rings. The molecule has 0 aliphatic carbocycles. The smallest absolute Gasteiger partial charge is 0.242 e. The Bertz CT molecular complexity index is 911. The van der Waals surface area contributed by atoms with Crippen LogP contribution in [0.4, 0.5) is 15.8 Å². The van der Waals surface area contributed by atoms with Gasteiger partial charge in [0.15, 0.2) is 11.5 Å². The Morgan fingerprint density at radius 3 is 2.38 bits per heavy atom. The minimum atomic E-state index is -0.268. The van der Waals surface area contributed by atoms with E-state index in [1.165, 1.54) is 24.0 Å². The molecule has 0 atom stereocenters. The molecule has 7 nitrogen and oxygen atoms in total. The van der Waals surface area contributed by atoms with Crippen molar-refractivity contribution in [3.05, 3.63) is 48.3 Å². The van der Waals surface area contributed by atoms with Crippen LogP contribution < -0.4 is 19.3 Å². The second-order valence-electron chi connectivity index (χ2n) is 6.99. The Morgan fingerprint density at radius 2 is 1.69 bits per heavy atom. The van der Waals surface area contributed by atoms with Crippen LogP contribution in [0.5, 0.6) is 11.5 Å². The van der Waals surface area contributed by atoms with Gasteiger partial charge in [-0.3, -0.25) is 9.59 Å². The third-order valence-corrected chi connectivity index (χ3v) is 5.17. The lowest BCUT2D eigenvalue weighted by Crippen LogP contribution is -2.51. The Kier molecular flexibility index (Phi) is 5.24. The highest BCUT2D eigenvalue weighted by Gasteiger charge is 2.25. The molecule has 0 bridgehead atoms. The second kappa shape index (κ2) is 7.98. The first-order valence-corrected chi connectivity index (χ1v) is 9.47. The second-order valence-corrected chi connectivity index (χ2v) is 6.99. The van der Waals surface area contributed by atoms with Crippen molar-refractivity contribution in [2.45, 2.75) is 6.92 Å². The van der Waals surface area contributed by atoms with Gasteiger partial charge in [0, 0.05) is 50.5 Å². The van der Waals surface area contributed by atoms with Crippen molar-refractivity contribution in [2.75, 3.05) is 49.3 Å². The number of hydrogen-bond donors (Lipinski definition) is 0. The van der Waals surface area contributed by atoms with Crippen LogP contribution in [0.1, 0.15) is 6.92 Å². The topological polar surface area (TPSA) is 62.3 Å². The maximum Gasteiger partial charge on any atom is 0.242 e. The molecule has 29 heavy (non-hydrogen) atoms. The zero-order valence-electron chi connectivity index (χ0n) is 16.1. The molecule has 8 heteroatoms. The quantitative estimate of drug-likeness (QED) is 0.789. The van der Waals surface area contributed by atoms with Crippen LogP contribution in [0, 0.1) is 5.82 Å². The summed E-state index contributed by atoms with van der Waals surface area (Å²) >= 11 is 0. The minimum absolute atomic E-state index is 0.0362. The van der Waals surface area contributed by atoms with Crippen molar-refractivity contribution in [1.29, 1.82) is 0 Å². The van der Waals surface area contributed by atoms with Crippen LogP contribution in [0.15, 0.2) is 42.5 Å². The minimum Gasteiger partial charge on any atom is -0.454 e. The van der Waals surface area contributed by atoms with Crippen molar-refractivity contribution < 1.29 is 23.5 Å². The zero-order chi connectivity index (χ0) is 20.4. The van der Waals surface area contributed by atoms with Crippen molar-refractivity contribution in [1.82, 2.24) is 4.90 Å². The molecular formula is C21H22FN3O4. The number of nitrogens with zero attached hydrogens (tertiary/aromatic N) is 3. The van der Waals surface area contributed by atoms with Crippen LogP contribution in [-0.2, 0) is 9.59 Å². The standard InChI is InChI=1S/C21H22FN3O4/c1-15(26)25(18-6-7-19-20(12-18)29-14-28-19)13-21(27)24-10-8-23(9-11-24)17-4-2-16(22)3-5-17/h2-7,12H,8-11,13-14H2,1H3. The van der Waals surface area contributed by atoms with Crippen LogP contribution in [0.25, 0.3) is 0 Å². The van der Waals surface area contributed by atoms with E-state index in [-0.39, 0.29) is 31.0 Å². The molecule has 1 saturated heterocycles. The molecule has 0 N–H and O–H groups in total. The molecule has 0 spiro atoms. The van der Waals surface area contributed by atoms with Gasteiger partial charge >= 0.3 is 0 Å². The highest BCUT2D eigenvalue weighted by molar-refractivity contribution is 5.97. The zero-order valence-corrected chi connectivity index (χ0v) is 16.1. The van der Waals surface area contributed by atoms with Crippen molar-refractivity contribution in [2.24, 2.45) is 0 Å². The summed E-state index contributed by atoms with van der Waals surface area (Å²) in [5.74, 6) is 0.587. The SMILES string of the molecule is CC(=O)N(CC(=O)N1CCN(c2ccc(F)cc2)CC1)c1ccc2c(c1)OCO2. The Labute approximate surface area is 168 Å². The lowest BCUT2D eigenvalue weighted by Gasteiger charge is -2.37. The van der Waals surface area contributed by atoms with E-state index < -0.39 is 0 Å². The van der Waals surface area contributed by atoms with Gasteiger partial charge in [0.1, 0.15) is 12.4 Å². The van der Waals surface area contributed by atoms with Crippen LogP contribution >= 0.6 is 0 Å². The third kappa shape index (κ3) is 4.11. The summed E-state index contributed by atoms with van der Waals surface area (Å²) < 4.78 is 23.8. The summed E-state index contributed by atoms with van der Waals surface area (Å²) in [4.78, 5) is 30.3. The molecule has 0 unspecified atom stereocenters. The fourth-order valence-corrected chi connectivity index (χ4v) is 3.54. The van der Waals surface area contributed by atoms with Gasteiger partial charge in [-0.2, -0.15) is 0 Å². The third-order valence-electron chi connectivity index (χ3n) is 5.17. The lowest BCUT2D eigenvalue weighted by atomic mass is 10.2. The molecule has 152 valence electrons. The molecule has 0 aromatic heterocycles. The summed E-state index contributed by atoms with van der Waals surface area (Å²) in [5.41, 5.74) is 1.53. The first kappa shape index (κ1) is 19.0. The molecule has 4 rings (SSSR count). The maximum absolute atomic E-state index is 13.1. The molecule has 0 saturated carbocycles. The molecule has 2 aromatic carbocycles. The number of carbonyl (C=O) groups excluding carboxylic acids is 2. The summed E-state index contributed by atoms with van der Waals surface area (Å²) in [6.45, 7) is 3.95. The van der Waals surface area contributed by atoms with Gasteiger partial charge in [-0.1, -0.05) is 0 Å².